The number of nitrogens with zero attached hydrogens (tertiary/aromatic N) is 1. The molecule has 1 aliphatic carbocycles. The average Bonchev–Trinajstić information content (AvgIpc) is 3.03. The highest BCUT2D eigenvalue weighted by atomic mass is 79.9. The maximum Gasteiger partial charge on any atom is 0.223 e. The van der Waals surface area contributed by atoms with Crippen LogP contribution in [0.15, 0.2) is 40.9 Å². The van der Waals surface area contributed by atoms with Crippen molar-refractivity contribution in [2.75, 3.05) is 13.6 Å². The number of hydrogen-bond donors (Lipinski definition) is 1. The van der Waals surface area contributed by atoms with E-state index in [0.717, 1.165) is 36.8 Å². The van der Waals surface area contributed by atoms with Gasteiger partial charge in [0.25, 0.3) is 0 Å². The van der Waals surface area contributed by atoms with E-state index in [9.17, 15) is 4.79 Å². The number of carbonyl (C=O) groups excluding carboxylic acids is 1. The number of likely N-dealkylation sites (N-methyl/N-ethyl adjacent to an activating group) is 1. The van der Waals surface area contributed by atoms with Crippen molar-refractivity contribution in [3.8, 4) is 0 Å². The highest BCUT2D eigenvalue weighted by Crippen LogP contribution is 2.29. The van der Waals surface area contributed by atoms with Crippen molar-refractivity contribution in [2.24, 2.45) is 5.92 Å². The van der Waals surface area contributed by atoms with E-state index in [-0.39, 0.29) is 11.8 Å². The van der Waals surface area contributed by atoms with Crippen LogP contribution in [0, 0.1) is 12.8 Å². The van der Waals surface area contributed by atoms with Gasteiger partial charge in [0, 0.05) is 29.5 Å². The van der Waals surface area contributed by atoms with Crippen molar-refractivity contribution in [3.63, 3.8) is 0 Å². The summed E-state index contributed by atoms with van der Waals surface area (Å²) in [6.45, 7) is 3.82. The van der Waals surface area contributed by atoms with Crippen LogP contribution < -0.4 is 5.32 Å². The van der Waals surface area contributed by atoms with Gasteiger partial charge in [-0.05, 0) is 67.6 Å². The van der Waals surface area contributed by atoms with Gasteiger partial charge in [-0.15, -0.1) is 0 Å². The molecule has 0 radical (unpaired) electrons. The fraction of sp³-hybridized carbons (Fsp3) is 0.409. The molecule has 1 aliphatic heterocycles. The lowest BCUT2D eigenvalue weighted by molar-refractivity contribution is -0.125. The molecule has 136 valence electrons. The van der Waals surface area contributed by atoms with E-state index in [1.54, 1.807) is 0 Å². The standard InChI is InChI=1S/C22H25BrN2O/c1-14-3-4-16-13-25(2)21(11-17(16)7-14)12-24-22(26)19-8-15-5-6-20(23)10-18(15)9-19/h3-7,10,19,21H,8-9,11-13H2,1-2H3,(H,24,26)/t19?,21-/m1/s1. The van der Waals surface area contributed by atoms with Crippen molar-refractivity contribution in [2.45, 2.75) is 38.8 Å². The van der Waals surface area contributed by atoms with E-state index in [1.165, 1.54) is 27.8 Å². The third kappa shape index (κ3) is 3.58. The first-order valence-corrected chi connectivity index (χ1v) is 10.1. The SMILES string of the molecule is Cc1ccc2c(c1)C[C@H](CNC(=O)C1Cc3ccc(Br)cc3C1)N(C)C2. The van der Waals surface area contributed by atoms with Gasteiger partial charge < -0.3 is 5.32 Å². The summed E-state index contributed by atoms with van der Waals surface area (Å²) >= 11 is 3.52. The van der Waals surface area contributed by atoms with Crippen molar-refractivity contribution in [1.29, 1.82) is 0 Å². The number of hydrogen-bond acceptors (Lipinski definition) is 2. The molecule has 2 aromatic rings. The summed E-state index contributed by atoms with van der Waals surface area (Å²) in [7, 11) is 2.16. The van der Waals surface area contributed by atoms with Crippen molar-refractivity contribution in [1.82, 2.24) is 10.2 Å². The normalized spacial score (nSPS) is 22.0. The number of benzene rings is 2. The number of halogens is 1. The molecule has 0 spiro atoms. The molecule has 2 aliphatic rings. The minimum absolute atomic E-state index is 0.0720. The van der Waals surface area contributed by atoms with Gasteiger partial charge in [0.05, 0.1) is 0 Å². The van der Waals surface area contributed by atoms with Crippen LogP contribution in [0.3, 0.4) is 0 Å². The zero-order chi connectivity index (χ0) is 18.3. The summed E-state index contributed by atoms with van der Waals surface area (Å²) in [5, 5.41) is 3.23. The van der Waals surface area contributed by atoms with E-state index >= 15 is 0 Å². The van der Waals surface area contributed by atoms with E-state index in [0.29, 0.717) is 6.04 Å². The molecule has 2 aromatic carbocycles. The number of fused-ring (bicyclic) bond motifs is 2. The molecule has 4 rings (SSSR count). The Bertz CT molecular complexity index is 848. The molecule has 0 saturated heterocycles. The van der Waals surface area contributed by atoms with Gasteiger partial charge in [-0.1, -0.05) is 45.8 Å². The topological polar surface area (TPSA) is 32.3 Å². The summed E-state index contributed by atoms with van der Waals surface area (Å²) in [6, 6.07) is 13.4. The molecule has 0 fully saturated rings. The summed E-state index contributed by atoms with van der Waals surface area (Å²) < 4.78 is 1.09. The maximum absolute atomic E-state index is 12.7. The molecule has 0 saturated carbocycles. The lowest BCUT2D eigenvalue weighted by Gasteiger charge is -2.34. The van der Waals surface area contributed by atoms with Crippen LogP contribution in [0.5, 0.6) is 0 Å². The van der Waals surface area contributed by atoms with Crippen molar-refractivity contribution < 1.29 is 4.79 Å². The van der Waals surface area contributed by atoms with Gasteiger partial charge >= 0.3 is 0 Å². The van der Waals surface area contributed by atoms with Crippen LogP contribution in [-0.2, 0) is 30.6 Å². The highest BCUT2D eigenvalue weighted by molar-refractivity contribution is 9.10. The zero-order valence-corrected chi connectivity index (χ0v) is 17.0. The molecule has 4 heteroatoms. The first kappa shape index (κ1) is 17.7. The third-order valence-electron chi connectivity index (χ3n) is 5.84. The van der Waals surface area contributed by atoms with E-state index in [1.807, 2.05) is 0 Å². The van der Waals surface area contributed by atoms with Gasteiger partial charge in [-0.25, -0.2) is 0 Å². The number of nitrogens with one attached hydrogen (secondary N) is 1. The van der Waals surface area contributed by atoms with Gasteiger partial charge in [0.1, 0.15) is 0 Å². The lowest BCUT2D eigenvalue weighted by atomic mass is 9.93. The van der Waals surface area contributed by atoms with E-state index < -0.39 is 0 Å². The highest BCUT2D eigenvalue weighted by Gasteiger charge is 2.29. The Hall–Kier alpha value is -1.65. The average molecular weight is 413 g/mol. The lowest BCUT2D eigenvalue weighted by Crippen LogP contribution is -2.46. The molecule has 1 amide bonds. The number of amides is 1. The molecular weight excluding hydrogens is 388 g/mol. The molecule has 0 aromatic heterocycles. The Kier molecular flexibility index (Phi) is 4.89. The monoisotopic (exact) mass is 412 g/mol. The fourth-order valence-corrected chi connectivity index (χ4v) is 4.68. The van der Waals surface area contributed by atoms with Crippen LogP contribution in [0.4, 0.5) is 0 Å². The molecule has 1 unspecified atom stereocenters. The van der Waals surface area contributed by atoms with Crippen LogP contribution in [0.25, 0.3) is 0 Å². The van der Waals surface area contributed by atoms with Crippen LogP contribution >= 0.6 is 15.9 Å². The van der Waals surface area contributed by atoms with Gasteiger partial charge in [0.15, 0.2) is 0 Å². The van der Waals surface area contributed by atoms with Crippen LogP contribution in [0.2, 0.25) is 0 Å². The Morgan fingerprint density at radius 2 is 1.81 bits per heavy atom. The van der Waals surface area contributed by atoms with Crippen molar-refractivity contribution in [3.05, 3.63) is 68.7 Å². The number of carbonyl (C=O) groups is 1. The largest absolute Gasteiger partial charge is 0.354 e. The van der Waals surface area contributed by atoms with Crippen LogP contribution in [-0.4, -0.2) is 30.4 Å². The fourth-order valence-electron chi connectivity index (χ4n) is 4.27. The molecule has 1 N–H and O–H groups in total. The summed E-state index contributed by atoms with van der Waals surface area (Å²) in [4.78, 5) is 15.1. The molecule has 1 heterocycles. The minimum atomic E-state index is 0.0720. The predicted octanol–water partition coefficient (Wildman–Crippen LogP) is 3.65. The van der Waals surface area contributed by atoms with E-state index in [2.05, 4.69) is 76.5 Å². The van der Waals surface area contributed by atoms with Crippen molar-refractivity contribution >= 4 is 21.8 Å². The number of aryl methyl sites for hydroxylation is 1. The van der Waals surface area contributed by atoms with Gasteiger partial charge in [-0.2, -0.15) is 0 Å². The Balaban J connectivity index is 1.36. The summed E-state index contributed by atoms with van der Waals surface area (Å²) in [5.74, 6) is 0.267. The molecule has 26 heavy (non-hydrogen) atoms. The molecule has 0 bridgehead atoms. The summed E-state index contributed by atoms with van der Waals surface area (Å²) in [6.07, 6.45) is 2.71. The first-order valence-electron chi connectivity index (χ1n) is 9.33. The Morgan fingerprint density at radius 3 is 2.65 bits per heavy atom. The molecular formula is C22H25BrN2O. The zero-order valence-electron chi connectivity index (χ0n) is 15.4. The molecule has 2 atom stereocenters. The smallest absolute Gasteiger partial charge is 0.223 e. The Labute approximate surface area is 163 Å². The van der Waals surface area contributed by atoms with Gasteiger partial charge in [0.2, 0.25) is 5.91 Å². The summed E-state index contributed by atoms with van der Waals surface area (Å²) in [5.41, 5.74) is 6.77. The number of rotatable bonds is 3. The van der Waals surface area contributed by atoms with Gasteiger partial charge in [-0.3, -0.25) is 9.69 Å². The minimum Gasteiger partial charge on any atom is -0.354 e. The second kappa shape index (κ2) is 7.16. The van der Waals surface area contributed by atoms with Crippen LogP contribution in [0.1, 0.15) is 27.8 Å². The quantitative estimate of drug-likeness (QED) is 0.834. The third-order valence-corrected chi connectivity index (χ3v) is 6.34. The second-order valence-electron chi connectivity index (χ2n) is 7.81. The molecule has 3 nitrogen and oxygen atoms in total. The Morgan fingerprint density at radius 1 is 1.08 bits per heavy atom. The maximum atomic E-state index is 12.7. The first-order chi connectivity index (χ1) is 12.5. The second-order valence-corrected chi connectivity index (χ2v) is 8.72. The predicted molar refractivity (Wildman–Crippen MR) is 108 cm³/mol. The van der Waals surface area contributed by atoms with E-state index in [4.69, 9.17) is 0 Å².